The fourth-order valence-electron chi connectivity index (χ4n) is 4.97. The van der Waals surface area contributed by atoms with Crippen LogP contribution in [0.25, 0.3) is 0 Å². The van der Waals surface area contributed by atoms with E-state index in [1.807, 2.05) is 4.90 Å². The predicted octanol–water partition coefficient (Wildman–Crippen LogP) is 3.59. The smallest absolute Gasteiger partial charge is 0.243 e. The Labute approximate surface area is 190 Å². The van der Waals surface area contributed by atoms with Crippen LogP contribution in [0.3, 0.4) is 0 Å². The molecule has 1 aromatic rings. The maximum Gasteiger partial charge on any atom is 0.243 e. The Kier molecular flexibility index (Phi) is 6.96. The number of rotatable bonds is 6. The second kappa shape index (κ2) is 9.38. The molecule has 1 aliphatic heterocycles. The highest BCUT2D eigenvalue weighted by Gasteiger charge is 2.39. The van der Waals surface area contributed by atoms with Gasteiger partial charge in [-0.2, -0.15) is 4.31 Å². The van der Waals surface area contributed by atoms with Crippen LogP contribution in [0.5, 0.6) is 0 Å². The van der Waals surface area contributed by atoms with E-state index in [4.69, 9.17) is 11.6 Å². The minimum atomic E-state index is -3.71. The average molecular weight is 469 g/mol. The van der Waals surface area contributed by atoms with Crippen LogP contribution in [0.4, 0.5) is 0 Å². The Bertz CT molecular complexity index is 910. The molecule has 2 saturated carbocycles. The van der Waals surface area contributed by atoms with Crippen molar-refractivity contribution in [1.29, 1.82) is 0 Å². The van der Waals surface area contributed by atoms with Crippen molar-refractivity contribution in [3.63, 3.8) is 0 Å². The topological polar surface area (TPSA) is 77.9 Å². The molecule has 0 aromatic heterocycles. The zero-order chi connectivity index (χ0) is 22.2. The molecular weight excluding hydrogens is 436 g/mol. The monoisotopic (exact) mass is 468 g/mol. The summed E-state index contributed by atoms with van der Waals surface area (Å²) < 4.78 is 28.1. The van der Waals surface area contributed by atoms with Gasteiger partial charge in [-0.25, -0.2) is 8.42 Å². The van der Waals surface area contributed by atoms with E-state index in [9.17, 15) is 18.3 Å². The lowest BCUT2D eigenvalue weighted by molar-refractivity contribution is -0.140. The second-order valence-corrected chi connectivity index (χ2v) is 11.8. The Balaban J connectivity index is 1.51. The highest BCUT2D eigenvalue weighted by Crippen LogP contribution is 2.35. The van der Waals surface area contributed by atoms with Crippen molar-refractivity contribution in [2.75, 3.05) is 19.6 Å². The summed E-state index contributed by atoms with van der Waals surface area (Å²) in [5.74, 6) is 0.359. The van der Waals surface area contributed by atoms with E-state index in [0.29, 0.717) is 29.5 Å². The Morgan fingerprint density at radius 3 is 2.55 bits per heavy atom. The van der Waals surface area contributed by atoms with Crippen LogP contribution in [0.15, 0.2) is 23.1 Å². The summed E-state index contributed by atoms with van der Waals surface area (Å²) in [6.07, 6.45) is 6.59. The van der Waals surface area contributed by atoms with Crippen LogP contribution in [0.2, 0.25) is 5.02 Å². The van der Waals surface area contributed by atoms with Gasteiger partial charge in [0.05, 0.1) is 16.9 Å². The number of nitrogens with zero attached hydrogens (tertiary/aromatic N) is 2. The molecule has 1 atom stereocenters. The third-order valence-corrected chi connectivity index (χ3v) is 9.53. The predicted molar refractivity (Wildman–Crippen MR) is 120 cm³/mol. The fraction of sp³-hybridized carbons (Fsp3) is 0.696. The number of amides is 1. The third-order valence-electron chi connectivity index (χ3n) is 7.11. The van der Waals surface area contributed by atoms with Gasteiger partial charge >= 0.3 is 0 Å². The van der Waals surface area contributed by atoms with Crippen LogP contribution in [-0.4, -0.2) is 60.4 Å². The number of benzene rings is 1. The summed E-state index contributed by atoms with van der Waals surface area (Å²) in [4.78, 5) is 15.9. The molecule has 8 heteroatoms. The summed E-state index contributed by atoms with van der Waals surface area (Å²) in [6, 6.07) is 5.10. The standard InChI is InChI=1S/C23H33ClN2O4S/c1-16-21(24)5-2-6-22(16)31(29,30)25-13-3-4-18(15-25)23(28)26(14-17-7-8-17)19-9-11-20(27)12-10-19/h2,5-6,17-20,27H,3-4,7-15H2,1H3/t18-,19-,20-/m0/s1. The van der Waals surface area contributed by atoms with E-state index in [1.165, 1.54) is 17.1 Å². The van der Waals surface area contributed by atoms with Crippen molar-refractivity contribution in [2.24, 2.45) is 11.8 Å². The summed E-state index contributed by atoms with van der Waals surface area (Å²) in [6.45, 7) is 3.15. The molecule has 0 radical (unpaired) electrons. The van der Waals surface area contributed by atoms with Crippen LogP contribution >= 0.6 is 11.6 Å². The summed E-state index contributed by atoms with van der Waals surface area (Å²) in [5, 5.41) is 10.3. The highest BCUT2D eigenvalue weighted by atomic mass is 35.5. The Morgan fingerprint density at radius 1 is 1.16 bits per heavy atom. The number of aliphatic hydroxyl groups excluding tert-OH is 1. The molecule has 3 fully saturated rings. The summed E-state index contributed by atoms with van der Waals surface area (Å²) in [5.41, 5.74) is 0.550. The lowest BCUT2D eigenvalue weighted by Crippen LogP contribution is -2.51. The fourth-order valence-corrected chi connectivity index (χ4v) is 6.97. The number of halogens is 1. The summed E-state index contributed by atoms with van der Waals surface area (Å²) >= 11 is 6.17. The minimum absolute atomic E-state index is 0.0935. The van der Waals surface area contributed by atoms with E-state index >= 15 is 0 Å². The molecule has 1 saturated heterocycles. The molecule has 0 unspecified atom stereocenters. The van der Waals surface area contributed by atoms with Crippen molar-refractivity contribution in [3.8, 4) is 0 Å². The van der Waals surface area contributed by atoms with Gasteiger partial charge in [0.2, 0.25) is 15.9 Å². The molecule has 1 aromatic carbocycles. The molecule has 1 N–H and O–H groups in total. The molecule has 2 aliphatic carbocycles. The number of carbonyl (C=O) groups is 1. The zero-order valence-corrected chi connectivity index (χ0v) is 19.7. The number of carbonyl (C=O) groups excluding carboxylic acids is 1. The maximum atomic E-state index is 13.6. The van der Waals surface area contributed by atoms with Crippen molar-refractivity contribution < 1.29 is 18.3 Å². The van der Waals surface area contributed by atoms with Gasteiger partial charge in [0.25, 0.3) is 0 Å². The molecule has 31 heavy (non-hydrogen) atoms. The second-order valence-electron chi connectivity index (χ2n) is 9.46. The molecule has 172 valence electrons. The number of hydrogen-bond acceptors (Lipinski definition) is 4. The van der Waals surface area contributed by atoms with Gasteiger partial charge in [0, 0.05) is 30.7 Å². The first kappa shape index (κ1) is 23.0. The van der Waals surface area contributed by atoms with Gasteiger partial charge in [-0.3, -0.25) is 4.79 Å². The molecular formula is C23H33ClN2O4S. The van der Waals surface area contributed by atoms with Gasteiger partial charge in [-0.15, -0.1) is 0 Å². The molecule has 0 bridgehead atoms. The van der Waals surface area contributed by atoms with Crippen LogP contribution in [0, 0.1) is 18.8 Å². The number of aliphatic hydroxyl groups is 1. The van der Waals surface area contributed by atoms with E-state index in [1.54, 1.807) is 25.1 Å². The molecule has 6 nitrogen and oxygen atoms in total. The lowest BCUT2D eigenvalue weighted by atomic mass is 9.90. The SMILES string of the molecule is Cc1c(Cl)cccc1S(=O)(=O)N1CCC[C@H](C(=O)N(CC2CC2)[C@H]2CC[C@H](O)CC2)C1. The van der Waals surface area contributed by atoms with E-state index in [2.05, 4.69) is 0 Å². The van der Waals surface area contributed by atoms with E-state index in [0.717, 1.165) is 38.6 Å². The number of hydrogen-bond donors (Lipinski definition) is 1. The maximum absolute atomic E-state index is 13.6. The average Bonchev–Trinajstić information content (AvgIpc) is 3.58. The van der Waals surface area contributed by atoms with Crippen LogP contribution < -0.4 is 0 Å². The molecule has 1 amide bonds. The third kappa shape index (κ3) is 5.10. The molecule has 1 heterocycles. The quantitative estimate of drug-likeness (QED) is 0.692. The van der Waals surface area contributed by atoms with Crippen molar-refractivity contribution in [1.82, 2.24) is 9.21 Å². The minimum Gasteiger partial charge on any atom is -0.393 e. The Hall–Kier alpha value is -1.15. The number of piperidine rings is 1. The van der Waals surface area contributed by atoms with Crippen LogP contribution in [-0.2, 0) is 14.8 Å². The molecule has 0 spiro atoms. The van der Waals surface area contributed by atoms with Gasteiger partial charge in [0.15, 0.2) is 0 Å². The van der Waals surface area contributed by atoms with E-state index < -0.39 is 10.0 Å². The van der Waals surface area contributed by atoms with Crippen LogP contribution in [0.1, 0.15) is 56.9 Å². The zero-order valence-electron chi connectivity index (χ0n) is 18.2. The highest BCUT2D eigenvalue weighted by molar-refractivity contribution is 7.89. The lowest BCUT2D eigenvalue weighted by Gasteiger charge is -2.40. The van der Waals surface area contributed by atoms with Crippen molar-refractivity contribution >= 4 is 27.5 Å². The van der Waals surface area contributed by atoms with Crippen molar-refractivity contribution in [3.05, 3.63) is 28.8 Å². The normalized spacial score (nSPS) is 27.8. The van der Waals surface area contributed by atoms with Gasteiger partial charge in [-0.1, -0.05) is 17.7 Å². The van der Waals surface area contributed by atoms with Gasteiger partial charge < -0.3 is 10.0 Å². The molecule has 4 rings (SSSR count). The van der Waals surface area contributed by atoms with Crippen molar-refractivity contribution in [2.45, 2.75) is 75.3 Å². The van der Waals surface area contributed by atoms with Gasteiger partial charge in [0.1, 0.15) is 0 Å². The first-order valence-electron chi connectivity index (χ1n) is 11.5. The summed E-state index contributed by atoms with van der Waals surface area (Å²) in [7, 11) is -3.71. The van der Waals surface area contributed by atoms with Gasteiger partial charge in [-0.05, 0) is 81.9 Å². The first-order valence-corrected chi connectivity index (χ1v) is 13.3. The van der Waals surface area contributed by atoms with E-state index in [-0.39, 0.29) is 35.4 Å². The molecule has 3 aliphatic rings. The largest absolute Gasteiger partial charge is 0.393 e. The Morgan fingerprint density at radius 2 is 1.87 bits per heavy atom. The number of sulfonamides is 1. The first-order chi connectivity index (χ1) is 14.8.